The Morgan fingerprint density at radius 2 is 2.00 bits per heavy atom. The van der Waals surface area contributed by atoms with E-state index in [1.165, 1.54) is 5.56 Å². The quantitative estimate of drug-likeness (QED) is 0.757. The van der Waals surface area contributed by atoms with Crippen LogP contribution in [0.25, 0.3) is 0 Å². The lowest BCUT2D eigenvalue weighted by molar-refractivity contribution is 0.674. The molecular formula is C17H24N4. The molecule has 0 saturated heterocycles. The predicted octanol–water partition coefficient (Wildman–Crippen LogP) is 3.00. The number of aromatic nitrogens is 2. The van der Waals surface area contributed by atoms with Crippen LogP contribution in [0.15, 0.2) is 42.7 Å². The molecule has 0 radical (unpaired) electrons. The predicted molar refractivity (Wildman–Crippen MR) is 87.2 cm³/mol. The maximum atomic E-state index is 4.51. The Bertz CT molecular complexity index is 527. The number of hydrogen-bond acceptors (Lipinski definition) is 4. The van der Waals surface area contributed by atoms with Crippen LogP contribution in [0.1, 0.15) is 31.5 Å². The van der Waals surface area contributed by atoms with E-state index in [-0.39, 0.29) is 0 Å². The van der Waals surface area contributed by atoms with Crippen molar-refractivity contribution in [3.63, 3.8) is 0 Å². The molecule has 0 bridgehead atoms. The molecule has 0 atom stereocenters. The van der Waals surface area contributed by atoms with Crippen LogP contribution in [0.3, 0.4) is 0 Å². The second-order valence-electron chi connectivity index (χ2n) is 5.03. The summed E-state index contributed by atoms with van der Waals surface area (Å²) < 4.78 is 0. The van der Waals surface area contributed by atoms with Crippen molar-refractivity contribution in [1.29, 1.82) is 0 Å². The molecule has 0 unspecified atom stereocenters. The summed E-state index contributed by atoms with van der Waals surface area (Å²) in [4.78, 5) is 11.1. The Morgan fingerprint density at radius 3 is 2.71 bits per heavy atom. The van der Waals surface area contributed by atoms with Gasteiger partial charge in [-0.3, -0.25) is 4.98 Å². The van der Waals surface area contributed by atoms with Crippen molar-refractivity contribution >= 4 is 5.82 Å². The van der Waals surface area contributed by atoms with E-state index in [1.54, 1.807) is 0 Å². The van der Waals surface area contributed by atoms with Gasteiger partial charge in [-0.05, 0) is 49.7 Å². The van der Waals surface area contributed by atoms with Gasteiger partial charge in [0.25, 0.3) is 0 Å². The monoisotopic (exact) mass is 284 g/mol. The van der Waals surface area contributed by atoms with E-state index >= 15 is 0 Å². The summed E-state index contributed by atoms with van der Waals surface area (Å²) in [5, 5.41) is 3.43. The zero-order valence-corrected chi connectivity index (χ0v) is 12.9. The van der Waals surface area contributed by atoms with E-state index in [1.807, 2.05) is 24.5 Å². The third-order valence-corrected chi connectivity index (χ3v) is 3.35. The van der Waals surface area contributed by atoms with Crippen molar-refractivity contribution in [1.82, 2.24) is 15.3 Å². The van der Waals surface area contributed by atoms with Crippen LogP contribution in [0.4, 0.5) is 5.82 Å². The van der Waals surface area contributed by atoms with Crippen LogP contribution in [-0.2, 0) is 13.1 Å². The number of nitrogens with one attached hydrogen (secondary N) is 1. The van der Waals surface area contributed by atoms with Crippen LogP contribution < -0.4 is 10.2 Å². The number of hydrogen-bond donors (Lipinski definition) is 1. The van der Waals surface area contributed by atoms with Crippen LogP contribution in [-0.4, -0.2) is 23.1 Å². The minimum absolute atomic E-state index is 0.788. The molecule has 0 aliphatic carbocycles. The molecule has 2 rings (SSSR count). The van der Waals surface area contributed by atoms with Gasteiger partial charge in [0.05, 0.1) is 12.2 Å². The van der Waals surface area contributed by atoms with Gasteiger partial charge in [-0.2, -0.15) is 0 Å². The lowest BCUT2D eigenvalue weighted by Crippen LogP contribution is -2.24. The molecule has 0 saturated carbocycles. The van der Waals surface area contributed by atoms with Crippen molar-refractivity contribution in [3.8, 4) is 0 Å². The zero-order valence-electron chi connectivity index (χ0n) is 12.9. The fraction of sp³-hybridized carbons (Fsp3) is 0.412. The molecule has 0 amide bonds. The molecule has 0 aliphatic heterocycles. The smallest absolute Gasteiger partial charge is 0.129 e. The van der Waals surface area contributed by atoms with Gasteiger partial charge in [0.2, 0.25) is 0 Å². The molecule has 2 heterocycles. The Balaban J connectivity index is 2.05. The first-order valence-corrected chi connectivity index (χ1v) is 7.64. The highest BCUT2D eigenvalue weighted by Gasteiger charge is 2.08. The first-order valence-electron chi connectivity index (χ1n) is 7.64. The SMILES string of the molecule is CCCNCc1ccnc(N(CC)Cc2ccccn2)c1. The molecule has 21 heavy (non-hydrogen) atoms. The molecule has 0 spiro atoms. The maximum absolute atomic E-state index is 4.51. The minimum atomic E-state index is 0.788. The van der Waals surface area contributed by atoms with Gasteiger partial charge in [-0.1, -0.05) is 13.0 Å². The maximum Gasteiger partial charge on any atom is 0.129 e. The van der Waals surface area contributed by atoms with Crippen LogP contribution in [0.2, 0.25) is 0 Å². The summed E-state index contributed by atoms with van der Waals surface area (Å²) in [6.45, 7) is 7.96. The summed E-state index contributed by atoms with van der Waals surface area (Å²) in [5.41, 5.74) is 2.34. The highest BCUT2D eigenvalue weighted by atomic mass is 15.2. The summed E-state index contributed by atoms with van der Waals surface area (Å²) in [7, 11) is 0. The lowest BCUT2D eigenvalue weighted by atomic mass is 10.2. The highest BCUT2D eigenvalue weighted by molar-refractivity contribution is 5.41. The zero-order chi connectivity index (χ0) is 14.9. The van der Waals surface area contributed by atoms with Crippen molar-refractivity contribution in [2.45, 2.75) is 33.4 Å². The van der Waals surface area contributed by atoms with Gasteiger partial charge in [0, 0.05) is 25.5 Å². The number of nitrogens with zero attached hydrogens (tertiary/aromatic N) is 3. The topological polar surface area (TPSA) is 41.1 Å². The third kappa shape index (κ3) is 4.83. The van der Waals surface area contributed by atoms with E-state index in [0.717, 1.165) is 44.1 Å². The van der Waals surface area contributed by atoms with E-state index < -0.39 is 0 Å². The third-order valence-electron chi connectivity index (χ3n) is 3.35. The molecule has 2 aromatic heterocycles. The number of rotatable bonds is 8. The molecule has 112 valence electrons. The van der Waals surface area contributed by atoms with Crippen LogP contribution in [0.5, 0.6) is 0 Å². The molecule has 4 heteroatoms. The molecule has 2 aromatic rings. The van der Waals surface area contributed by atoms with Gasteiger partial charge in [-0.15, -0.1) is 0 Å². The van der Waals surface area contributed by atoms with Crippen molar-refractivity contribution in [2.24, 2.45) is 0 Å². The summed E-state index contributed by atoms with van der Waals surface area (Å²) in [6, 6.07) is 10.2. The van der Waals surface area contributed by atoms with Crippen LogP contribution in [0, 0.1) is 0 Å². The second kappa shape index (κ2) is 8.37. The van der Waals surface area contributed by atoms with E-state index in [0.29, 0.717) is 0 Å². The molecular weight excluding hydrogens is 260 g/mol. The van der Waals surface area contributed by atoms with E-state index in [9.17, 15) is 0 Å². The van der Waals surface area contributed by atoms with Crippen LogP contribution >= 0.6 is 0 Å². The highest BCUT2D eigenvalue weighted by Crippen LogP contribution is 2.15. The number of anilines is 1. The van der Waals surface area contributed by atoms with Gasteiger partial charge in [0.15, 0.2) is 0 Å². The summed E-state index contributed by atoms with van der Waals surface area (Å²) >= 11 is 0. The Labute approximate surface area is 127 Å². The van der Waals surface area contributed by atoms with Crippen molar-refractivity contribution in [3.05, 3.63) is 54.0 Å². The summed E-state index contributed by atoms with van der Waals surface area (Å²) in [5.74, 6) is 1.01. The fourth-order valence-electron chi connectivity index (χ4n) is 2.19. The average Bonchev–Trinajstić information content (AvgIpc) is 2.54. The van der Waals surface area contributed by atoms with Crippen molar-refractivity contribution in [2.75, 3.05) is 18.0 Å². The minimum Gasteiger partial charge on any atom is -0.351 e. The standard InChI is InChI=1S/C17H24N4/c1-3-9-18-13-15-8-11-20-17(12-15)21(4-2)14-16-7-5-6-10-19-16/h5-8,10-12,18H,3-4,9,13-14H2,1-2H3. The first-order chi connectivity index (χ1) is 10.3. The van der Waals surface area contributed by atoms with Crippen molar-refractivity contribution < 1.29 is 0 Å². The normalized spacial score (nSPS) is 10.6. The van der Waals surface area contributed by atoms with Gasteiger partial charge < -0.3 is 10.2 Å². The van der Waals surface area contributed by atoms with Gasteiger partial charge in [0.1, 0.15) is 5.82 Å². The second-order valence-corrected chi connectivity index (χ2v) is 5.03. The molecule has 1 N–H and O–H groups in total. The molecule has 0 aromatic carbocycles. The van der Waals surface area contributed by atoms with Gasteiger partial charge >= 0.3 is 0 Å². The largest absolute Gasteiger partial charge is 0.351 e. The average molecular weight is 284 g/mol. The Morgan fingerprint density at radius 1 is 1.10 bits per heavy atom. The Hall–Kier alpha value is -1.94. The molecule has 4 nitrogen and oxygen atoms in total. The Kier molecular flexibility index (Phi) is 6.16. The molecule has 0 fully saturated rings. The fourth-order valence-corrected chi connectivity index (χ4v) is 2.19. The number of pyridine rings is 2. The molecule has 0 aliphatic rings. The summed E-state index contributed by atoms with van der Waals surface area (Å²) in [6.07, 6.45) is 4.87. The van der Waals surface area contributed by atoms with Gasteiger partial charge in [-0.25, -0.2) is 4.98 Å². The van der Waals surface area contributed by atoms with E-state index in [4.69, 9.17) is 0 Å². The van der Waals surface area contributed by atoms with E-state index in [2.05, 4.69) is 52.2 Å². The first kappa shape index (κ1) is 15.4. The lowest BCUT2D eigenvalue weighted by Gasteiger charge is -2.22.